The Morgan fingerprint density at radius 1 is 1.08 bits per heavy atom. The minimum absolute atomic E-state index is 0.0774. The number of hydrogen-bond donors (Lipinski definition) is 3. The first-order valence-electron chi connectivity index (χ1n) is 7.45. The van der Waals surface area contributed by atoms with Crippen molar-refractivity contribution in [1.29, 1.82) is 0 Å². The molecular formula is C17H15ClFN5O. The first kappa shape index (κ1) is 16.9. The zero-order valence-corrected chi connectivity index (χ0v) is 14.3. The van der Waals surface area contributed by atoms with Crippen LogP contribution in [0.3, 0.4) is 0 Å². The molecule has 0 unspecified atom stereocenters. The molecule has 1 amide bonds. The molecule has 1 heterocycles. The summed E-state index contributed by atoms with van der Waals surface area (Å²) < 4.78 is 13.2. The Morgan fingerprint density at radius 2 is 1.84 bits per heavy atom. The summed E-state index contributed by atoms with van der Waals surface area (Å²) in [7, 11) is 0. The first-order valence-corrected chi connectivity index (χ1v) is 7.83. The van der Waals surface area contributed by atoms with Gasteiger partial charge in [0.15, 0.2) is 11.5 Å². The highest BCUT2D eigenvalue weighted by atomic mass is 35.5. The molecule has 0 saturated heterocycles. The van der Waals surface area contributed by atoms with E-state index in [4.69, 9.17) is 11.6 Å². The van der Waals surface area contributed by atoms with Crippen molar-refractivity contribution >= 4 is 34.7 Å². The average Bonchev–Trinajstić information content (AvgIpc) is 3.03. The van der Waals surface area contributed by atoms with Crippen molar-refractivity contribution in [3.8, 4) is 0 Å². The molecule has 8 heteroatoms. The number of nitrogens with one attached hydrogen (secondary N) is 3. The van der Waals surface area contributed by atoms with Crippen LogP contribution in [0.25, 0.3) is 0 Å². The van der Waals surface area contributed by atoms with E-state index in [1.54, 1.807) is 0 Å². The van der Waals surface area contributed by atoms with Crippen LogP contribution in [-0.2, 0) is 0 Å². The van der Waals surface area contributed by atoms with Gasteiger partial charge in [-0.25, -0.2) is 4.39 Å². The fourth-order valence-corrected chi connectivity index (χ4v) is 2.38. The van der Waals surface area contributed by atoms with Crippen molar-refractivity contribution in [2.45, 2.75) is 13.8 Å². The smallest absolute Gasteiger partial charge is 0.280 e. The average molecular weight is 360 g/mol. The third-order valence-corrected chi connectivity index (χ3v) is 4.00. The van der Waals surface area contributed by atoms with Crippen LogP contribution in [0.15, 0.2) is 36.4 Å². The third-order valence-electron chi connectivity index (χ3n) is 3.71. The molecule has 2 aromatic carbocycles. The lowest BCUT2D eigenvalue weighted by atomic mass is 10.1. The number of aromatic amines is 1. The molecule has 128 valence electrons. The second-order valence-electron chi connectivity index (χ2n) is 5.53. The number of anilines is 3. The van der Waals surface area contributed by atoms with Crippen molar-refractivity contribution in [2.75, 3.05) is 10.6 Å². The maximum atomic E-state index is 13.2. The van der Waals surface area contributed by atoms with Gasteiger partial charge in [-0.1, -0.05) is 17.7 Å². The van der Waals surface area contributed by atoms with Gasteiger partial charge in [-0.05, 0) is 55.3 Å². The summed E-state index contributed by atoms with van der Waals surface area (Å²) in [6, 6.07) is 9.72. The number of H-pyrrole nitrogens is 1. The van der Waals surface area contributed by atoms with Gasteiger partial charge in [0, 0.05) is 11.4 Å². The molecule has 0 saturated carbocycles. The zero-order valence-electron chi connectivity index (χ0n) is 13.5. The van der Waals surface area contributed by atoms with Crippen LogP contribution in [0.5, 0.6) is 0 Å². The molecule has 3 rings (SSSR count). The van der Waals surface area contributed by atoms with Gasteiger partial charge in [0.2, 0.25) is 0 Å². The van der Waals surface area contributed by atoms with E-state index in [0.717, 1.165) is 16.8 Å². The summed E-state index contributed by atoms with van der Waals surface area (Å²) in [6.07, 6.45) is 0. The largest absolute Gasteiger partial charge is 0.337 e. The summed E-state index contributed by atoms with van der Waals surface area (Å²) in [6.45, 7) is 4.01. The molecule has 0 fully saturated rings. The molecule has 3 N–H and O–H groups in total. The van der Waals surface area contributed by atoms with Crippen LogP contribution in [0.4, 0.5) is 21.6 Å². The number of carbonyl (C=O) groups excluding carboxylic acids is 1. The summed E-state index contributed by atoms with van der Waals surface area (Å²) in [5.74, 6) is -0.769. The van der Waals surface area contributed by atoms with Crippen LogP contribution in [0.2, 0.25) is 5.02 Å². The number of nitrogens with zero attached hydrogens (tertiary/aromatic N) is 2. The van der Waals surface area contributed by atoms with Crippen LogP contribution >= 0.6 is 11.6 Å². The van der Waals surface area contributed by atoms with Crippen LogP contribution < -0.4 is 10.6 Å². The number of amides is 1. The Hall–Kier alpha value is -2.93. The normalized spacial score (nSPS) is 10.6. The summed E-state index contributed by atoms with van der Waals surface area (Å²) in [5, 5.41) is 15.8. The number of rotatable bonds is 4. The lowest BCUT2D eigenvalue weighted by Crippen LogP contribution is -2.14. The number of benzene rings is 2. The predicted octanol–water partition coefficient (Wildman–Crippen LogP) is 4.21. The molecule has 0 radical (unpaired) electrons. The van der Waals surface area contributed by atoms with Gasteiger partial charge in [-0.15, -0.1) is 10.2 Å². The highest BCUT2D eigenvalue weighted by Gasteiger charge is 2.17. The molecule has 0 aliphatic carbocycles. The molecule has 0 aliphatic rings. The van der Waals surface area contributed by atoms with Gasteiger partial charge < -0.3 is 10.6 Å². The Balaban J connectivity index is 1.79. The van der Waals surface area contributed by atoms with E-state index >= 15 is 0 Å². The SMILES string of the molecule is Cc1ccc(Nc2n[nH]nc2C(=O)Nc2ccc(F)c(Cl)c2)cc1C. The zero-order chi connectivity index (χ0) is 18.0. The van der Waals surface area contributed by atoms with Crippen LogP contribution in [-0.4, -0.2) is 21.3 Å². The van der Waals surface area contributed by atoms with Crippen molar-refractivity contribution in [3.05, 3.63) is 64.1 Å². The van der Waals surface area contributed by atoms with Gasteiger partial charge >= 0.3 is 0 Å². The maximum absolute atomic E-state index is 13.2. The molecule has 0 atom stereocenters. The number of carbonyl (C=O) groups is 1. The van der Waals surface area contributed by atoms with Crippen molar-refractivity contribution in [3.63, 3.8) is 0 Å². The van der Waals surface area contributed by atoms with Crippen molar-refractivity contribution in [1.82, 2.24) is 15.4 Å². The van der Waals surface area contributed by atoms with Crippen LogP contribution in [0.1, 0.15) is 21.6 Å². The molecule has 0 aliphatic heterocycles. The maximum Gasteiger partial charge on any atom is 0.280 e. The first-order chi connectivity index (χ1) is 11.9. The van der Waals surface area contributed by atoms with Gasteiger partial charge in [0.05, 0.1) is 5.02 Å². The highest BCUT2D eigenvalue weighted by Crippen LogP contribution is 2.22. The van der Waals surface area contributed by atoms with E-state index in [9.17, 15) is 9.18 Å². The molecular weight excluding hydrogens is 345 g/mol. The quantitative estimate of drug-likeness (QED) is 0.651. The lowest BCUT2D eigenvalue weighted by molar-refractivity contribution is 0.102. The van der Waals surface area contributed by atoms with E-state index in [-0.39, 0.29) is 16.5 Å². The lowest BCUT2D eigenvalue weighted by Gasteiger charge is -2.08. The van der Waals surface area contributed by atoms with E-state index in [1.165, 1.54) is 18.2 Å². The minimum Gasteiger partial charge on any atom is -0.337 e. The Labute approximate surface area is 148 Å². The number of halogens is 2. The van der Waals surface area contributed by atoms with E-state index in [2.05, 4.69) is 26.0 Å². The fraction of sp³-hybridized carbons (Fsp3) is 0.118. The van der Waals surface area contributed by atoms with Crippen molar-refractivity contribution < 1.29 is 9.18 Å². The Bertz CT molecular complexity index is 941. The number of aromatic nitrogens is 3. The molecule has 25 heavy (non-hydrogen) atoms. The van der Waals surface area contributed by atoms with Gasteiger partial charge in [0.25, 0.3) is 5.91 Å². The summed E-state index contributed by atoms with van der Waals surface area (Å²) >= 11 is 5.72. The Kier molecular flexibility index (Phi) is 4.67. The molecule has 3 aromatic rings. The Morgan fingerprint density at radius 3 is 2.56 bits per heavy atom. The molecule has 1 aromatic heterocycles. The van der Waals surface area contributed by atoms with E-state index in [0.29, 0.717) is 5.69 Å². The second kappa shape index (κ2) is 6.90. The fourth-order valence-electron chi connectivity index (χ4n) is 2.20. The van der Waals surface area contributed by atoms with Crippen LogP contribution in [0, 0.1) is 19.7 Å². The van der Waals surface area contributed by atoms with Gasteiger partial charge in [-0.3, -0.25) is 4.79 Å². The molecule has 6 nitrogen and oxygen atoms in total. The predicted molar refractivity (Wildman–Crippen MR) is 94.9 cm³/mol. The topological polar surface area (TPSA) is 82.7 Å². The minimum atomic E-state index is -0.557. The van der Waals surface area contributed by atoms with Gasteiger partial charge in [-0.2, -0.15) is 5.21 Å². The standard InChI is InChI=1S/C17H15ClFN5O/c1-9-3-4-11(7-10(9)2)20-16-15(22-24-23-16)17(25)21-12-5-6-14(19)13(18)8-12/h3-8H,1-2H3,(H,21,25)(H2,20,22,23,24). The third kappa shape index (κ3) is 3.77. The second-order valence-corrected chi connectivity index (χ2v) is 5.94. The number of aryl methyl sites for hydroxylation is 2. The van der Waals surface area contributed by atoms with Crippen molar-refractivity contribution in [2.24, 2.45) is 0 Å². The molecule has 0 bridgehead atoms. The monoisotopic (exact) mass is 359 g/mol. The number of hydrogen-bond acceptors (Lipinski definition) is 4. The van der Waals surface area contributed by atoms with E-state index in [1.807, 2.05) is 32.0 Å². The van der Waals surface area contributed by atoms with E-state index < -0.39 is 11.7 Å². The molecule has 0 spiro atoms. The highest BCUT2D eigenvalue weighted by molar-refractivity contribution is 6.31. The summed E-state index contributed by atoms with van der Waals surface area (Å²) in [5.41, 5.74) is 3.50. The van der Waals surface area contributed by atoms with Gasteiger partial charge in [0.1, 0.15) is 5.82 Å². The summed E-state index contributed by atoms with van der Waals surface area (Å²) in [4.78, 5) is 12.4.